The van der Waals surface area contributed by atoms with Crippen LogP contribution in [0, 0.1) is 5.41 Å². The highest BCUT2D eigenvalue weighted by atomic mass is 32.2. The van der Waals surface area contributed by atoms with Crippen molar-refractivity contribution in [2.24, 2.45) is 5.41 Å². The maximum atomic E-state index is 2.45. The van der Waals surface area contributed by atoms with E-state index in [-0.39, 0.29) is 0 Å². The van der Waals surface area contributed by atoms with Gasteiger partial charge in [0.05, 0.1) is 0 Å². The van der Waals surface area contributed by atoms with Crippen LogP contribution in [0.5, 0.6) is 0 Å². The maximum absolute atomic E-state index is 2.45. The lowest BCUT2D eigenvalue weighted by Crippen LogP contribution is -2.41. The summed E-state index contributed by atoms with van der Waals surface area (Å²) in [7, 11) is 0. The summed E-state index contributed by atoms with van der Waals surface area (Å²) >= 11 is 2.07. The second-order valence-electron chi connectivity index (χ2n) is 5.74. The van der Waals surface area contributed by atoms with E-state index in [0.29, 0.717) is 10.2 Å². The number of hydrogen-bond acceptors (Lipinski definition) is 1. The molecule has 0 heterocycles. The van der Waals surface area contributed by atoms with E-state index in [4.69, 9.17) is 0 Å². The Morgan fingerprint density at radius 1 is 0.938 bits per heavy atom. The highest BCUT2D eigenvalue weighted by Crippen LogP contribution is 2.53. The molecule has 16 heavy (non-hydrogen) atoms. The standard InChI is InChI=1S/C15H22S/c1-14(2)11-7-8-12-15(14,3)16-13-9-5-4-6-10-13/h4-6,9-10H,7-8,11-12H2,1-3H3. The van der Waals surface area contributed by atoms with Crippen LogP contribution in [-0.2, 0) is 0 Å². The summed E-state index contributed by atoms with van der Waals surface area (Å²) in [5.74, 6) is 0. The summed E-state index contributed by atoms with van der Waals surface area (Å²) in [6, 6.07) is 10.8. The van der Waals surface area contributed by atoms with Gasteiger partial charge in [-0.1, -0.05) is 44.9 Å². The number of benzene rings is 1. The van der Waals surface area contributed by atoms with E-state index >= 15 is 0 Å². The normalized spacial score (nSPS) is 28.9. The van der Waals surface area contributed by atoms with E-state index < -0.39 is 0 Å². The molecule has 0 radical (unpaired) electrons. The summed E-state index contributed by atoms with van der Waals surface area (Å²) in [5, 5.41) is 0. The molecule has 0 saturated heterocycles. The Morgan fingerprint density at radius 3 is 2.19 bits per heavy atom. The second kappa shape index (κ2) is 4.44. The first-order valence-electron chi connectivity index (χ1n) is 6.28. The third-order valence-corrected chi connectivity index (χ3v) is 5.94. The third kappa shape index (κ3) is 2.29. The molecule has 1 heteroatoms. The van der Waals surface area contributed by atoms with E-state index in [1.165, 1.54) is 30.6 Å². The van der Waals surface area contributed by atoms with Gasteiger partial charge >= 0.3 is 0 Å². The molecule has 1 aromatic rings. The highest BCUT2D eigenvalue weighted by molar-refractivity contribution is 8.00. The van der Waals surface area contributed by atoms with Gasteiger partial charge in [0.1, 0.15) is 0 Å². The molecule has 0 aromatic heterocycles. The zero-order valence-electron chi connectivity index (χ0n) is 10.6. The van der Waals surface area contributed by atoms with Gasteiger partial charge in [-0.05, 0) is 37.3 Å². The molecule has 0 bridgehead atoms. The van der Waals surface area contributed by atoms with E-state index in [0.717, 1.165) is 0 Å². The van der Waals surface area contributed by atoms with Crippen LogP contribution in [-0.4, -0.2) is 4.75 Å². The van der Waals surface area contributed by atoms with Crippen LogP contribution in [0.25, 0.3) is 0 Å². The van der Waals surface area contributed by atoms with Crippen LogP contribution in [0.4, 0.5) is 0 Å². The fourth-order valence-corrected chi connectivity index (χ4v) is 4.01. The first kappa shape index (κ1) is 12.0. The van der Waals surface area contributed by atoms with Crippen molar-refractivity contribution in [2.45, 2.75) is 56.1 Å². The highest BCUT2D eigenvalue weighted by Gasteiger charge is 2.43. The van der Waals surface area contributed by atoms with Crippen molar-refractivity contribution in [1.82, 2.24) is 0 Å². The monoisotopic (exact) mass is 234 g/mol. The van der Waals surface area contributed by atoms with Gasteiger partial charge in [-0.2, -0.15) is 0 Å². The number of thioether (sulfide) groups is 1. The first-order valence-corrected chi connectivity index (χ1v) is 7.09. The minimum absolute atomic E-state index is 0.395. The molecule has 0 aliphatic heterocycles. The Hall–Kier alpha value is -0.430. The van der Waals surface area contributed by atoms with Gasteiger partial charge in [0.25, 0.3) is 0 Å². The molecule has 88 valence electrons. The Balaban J connectivity index is 2.18. The van der Waals surface area contributed by atoms with Crippen molar-refractivity contribution in [3.8, 4) is 0 Å². The number of rotatable bonds is 2. The average Bonchev–Trinajstić information content (AvgIpc) is 2.24. The maximum Gasteiger partial charge on any atom is 0.0230 e. The van der Waals surface area contributed by atoms with Gasteiger partial charge in [-0.25, -0.2) is 0 Å². The van der Waals surface area contributed by atoms with Crippen LogP contribution < -0.4 is 0 Å². The second-order valence-corrected chi connectivity index (χ2v) is 7.31. The summed E-state index contributed by atoms with van der Waals surface area (Å²) in [6.45, 7) is 7.31. The lowest BCUT2D eigenvalue weighted by atomic mass is 9.69. The molecule has 1 aliphatic carbocycles. The van der Waals surface area contributed by atoms with Crippen molar-refractivity contribution in [3.05, 3.63) is 30.3 Å². The van der Waals surface area contributed by atoms with Crippen molar-refractivity contribution in [2.75, 3.05) is 0 Å². The minimum atomic E-state index is 0.395. The molecular weight excluding hydrogens is 212 g/mol. The van der Waals surface area contributed by atoms with Crippen molar-refractivity contribution in [1.29, 1.82) is 0 Å². The predicted octanol–water partition coefficient (Wildman–Crippen LogP) is 5.14. The van der Waals surface area contributed by atoms with Gasteiger partial charge < -0.3 is 0 Å². The molecule has 1 saturated carbocycles. The SMILES string of the molecule is CC1(C)CCCCC1(C)Sc1ccccc1. The van der Waals surface area contributed by atoms with Crippen LogP contribution in [0.1, 0.15) is 46.5 Å². The predicted molar refractivity (Wildman–Crippen MR) is 73.0 cm³/mol. The average molecular weight is 234 g/mol. The molecule has 2 rings (SSSR count). The van der Waals surface area contributed by atoms with Crippen LogP contribution >= 0.6 is 11.8 Å². The van der Waals surface area contributed by atoms with Crippen LogP contribution in [0.15, 0.2) is 35.2 Å². The lowest BCUT2D eigenvalue weighted by molar-refractivity contribution is 0.185. The molecule has 0 nitrogen and oxygen atoms in total. The van der Waals surface area contributed by atoms with E-state index in [1.807, 2.05) is 0 Å². The van der Waals surface area contributed by atoms with Gasteiger partial charge in [0.15, 0.2) is 0 Å². The quantitative estimate of drug-likeness (QED) is 0.683. The molecule has 0 spiro atoms. The van der Waals surface area contributed by atoms with Gasteiger partial charge in [-0.3, -0.25) is 0 Å². The summed E-state index contributed by atoms with van der Waals surface area (Å²) in [5.41, 5.74) is 0.450. The van der Waals surface area contributed by atoms with E-state index in [9.17, 15) is 0 Å². The zero-order chi connectivity index (χ0) is 11.6. The zero-order valence-corrected chi connectivity index (χ0v) is 11.4. The Kier molecular flexibility index (Phi) is 3.34. The smallest absolute Gasteiger partial charge is 0.0230 e. The van der Waals surface area contributed by atoms with Crippen molar-refractivity contribution >= 4 is 11.8 Å². The molecular formula is C15H22S. The van der Waals surface area contributed by atoms with Gasteiger partial charge in [-0.15, -0.1) is 11.8 Å². The third-order valence-electron chi connectivity index (χ3n) is 4.22. The Morgan fingerprint density at radius 2 is 1.56 bits per heavy atom. The summed E-state index contributed by atoms with van der Waals surface area (Å²) in [6.07, 6.45) is 5.50. The minimum Gasteiger partial charge on any atom is -0.119 e. The fraction of sp³-hybridized carbons (Fsp3) is 0.600. The van der Waals surface area contributed by atoms with Gasteiger partial charge in [0, 0.05) is 9.64 Å². The lowest BCUT2D eigenvalue weighted by Gasteiger charge is -2.47. The largest absolute Gasteiger partial charge is 0.119 e. The topological polar surface area (TPSA) is 0 Å². The van der Waals surface area contributed by atoms with Crippen molar-refractivity contribution in [3.63, 3.8) is 0 Å². The molecule has 1 aliphatic rings. The summed E-state index contributed by atoms with van der Waals surface area (Å²) < 4.78 is 0.395. The van der Waals surface area contributed by atoms with Crippen LogP contribution in [0.2, 0.25) is 0 Å². The Labute approximate surface area is 104 Å². The van der Waals surface area contributed by atoms with Crippen LogP contribution in [0.3, 0.4) is 0 Å². The molecule has 0 amide bonds. The van der Waals surface area contributed by atoms with Crippen molar-refractivity contribution < 1.29 is 0 Å². The van der Waals surface area contributed by atoms with Gasteiger partial charge in [0.2, 0.25) is 0 Å². The molecule has 1 aromatic carbocycles. The Bertz CT molecular complexity index is 342. The molecule has 0 N–H and O–H groups in total. The summed E-state index contributed by atoms with van der Waals surface area (Å²) in [4.78, 5) is 1.42. The van der Waals surface area contributed by atoms with E-state index in [2.05, 4.69) is 62.9 Å². The molecule has 1 unspecified atom stereocenters. The molecule has 1 atom stereocenters. The molecule has 1 fully saturated rings. The fourth-order valence-electron chi connectivity index (χ4n) is 2.57. The van der Waals surface area contributed by atoms with E-state index in [1.54, 1.807) is 0 Å². The first-order chi connectivity index (χ1) is 7.54. The number of hydrogen-bond donors (Lipinski definition) is 0.